The molecule has 0 unspecified atom stereocenters. The highest BCUT2D eigenvalue weighted by Crippen LogP contribution is 2.43. The summed E-state index contributed by atoms with van der Waals surface area (Å²) < 4.78 is 36.5. The van der Waals surface area contributed by atoms with Crippen molar-refractivity contribution in [1.82, 2.24) is 4.31 Å². The van der Waals surface area contributed by atoms with E-state index in [2.05, 4.69) is 0 Å². The van der Waals surface area contributed by atoms with E-state index >= 15 is 0 Å². The zero-order chi connectivity index (χ0) is 15.0. The van der Waals surface area contributed by atoms with E-state index in [1.54, 1.807) is 11.4 Å². The van der Waals surface area contributed by atoms with Gasteiger partial charge >= 0.3 is 0 Å². The first-order chi connectivity index (χ1) is 9.99. The maximum Gasteiger partial charge on any atom is 0.211 e. The topological polar surface area (TPSA) is 55.8 Å². The molecule has 1 aromatic carbocycles. The molecule has 3 rings (SSSR count). The molecule has 2 bridgehead atoms. The predicted octanol–water partition coefficient (Wildman–Crippen LogP) is 1.89. The molecule has 2 fully saturated rings. The van der Waals surface area contributed by atoms with Crippen LogP contribution in [0.25, 0.3) is 0 Å². The van der Waals surface area contributed by atoms with Gasteiger partial charge in [0, 0.05) is 6.04 Å². The zero-order valence-electron chi connectivity index (χ0n) is 12.4. The third-order valence-corrected chi connectivity index (χ3v) is 5.87. The van der Waals surface area contributed by atoms with E-state index in [1.807, 2.05) is 24.3 Å². The van der Waals surface area contributed by atoms with Crippen molar-refractivity contribution >= 4 is 10.0 Å². The molecule has 21 heavy (non-hydrogen) atoms. The second-order valence-electron chi connectivity index (χ2n) is 5.87. The van der Waals surface area contributed by atoms with Gasteiger partial charge in [-0.3, -0.25) is 0 Å². The van der Waals surface area contributed by atoms with Gasteiger partial charge in [-0.05, 0) is 49.4 Å². The molecule has 6 heteroatoms. The SMILES string of the molecule is COc1ccc(OC[C@@H]2[C@@H]3CC[C@@H](C3)N2S(C)(=O)=O)cc1. The van der Waals surface area contributed by atoms with Gasteiger partial charge in [-0.15, -0.1) is 0 Å². The van der Waals surface area contributed by atoms with Crippen molar-refractivity contribution < 1.29 is 17.9 Å². The first-order valence-corrected chi connectivity index (χ1v) is 9.09. The minimum atomic E-state index is -3.16. The van der Waals surface area contributed by atoms with Crippen LogP contribution in [-0.4, -0.2) is 44.8 Å². The van der Waals surface area contributed by atoms with Gasteiger partial charge in [0.1, 0.15) is 18.1 Å². The minimum Gasteiger partial charge on any atom is -0.497 e. The third-order valence-electron chi connectivity index (χ3n) is 4.54. The van der Waals surface area contributed by atoms with Crippen molar-refractivity contribution in [1.29, 1.82) is 0 Å². The van der Waals surface area contributed by atoms with Crippen LogP contribution in [0.5, 0.6) is 11.5 Å². The van der Waals surface area contributed by atoms with Crippen LogP contribution < -0.4 is 9.47 Å². The second kappa shape index (κ2) is 5.50. The van der Waals surface area contributed by atoms with Gasteiger partial charge in [0.25, 0.3) is 0 Å². The van der Waals surface area contributed by atoms with E-state index in [4.69, 9.17) is 9.47 Å². The van der Waals surface area contributed by atoms with Crippen LogP contribution in [0.2, 0.25) is 0 Å². The lowest BCUT2D eigenvalue weighted by molar-refractivity contribution is 0.163. The van der Waals surface area contributed by atoms with Gasteiger partial charge in [-0.1, -0.05) is 0 Å². The maximum atomic E-state index is 12.0. The summed E-state index contributed by atoms with van der Waals surface area (Å²) in [7, 11) is -1.54. The van der Waals surface area contributed by atoms with Crippen LogP contribution in [-0.2, 0) is 10.0 Å². The molecule has 5 nitrogen and oxygen atoms in total. The van der Waals surface area contributed by atoms with Gasteiger partial charge in [0.05, 0.1) is 19.4 Å². The van der Waals surface area contributed by atoms with Crippen molar-refractivity contribution in [3.05, 3.63) is 24.3 Å². The Morgan fingerprint density at radius 3 is 2.48 bits per heavy atom. The Balaban J connectivity index is 1.68. The van der Waals surface area contributed by atoms with Crippen LogP contribution in [0.1, 0.15) is 19.3 Å². The van der Waals surface area contributed by atoms with Crippen molar-refractivity contribution in [2.24, 2.45) is 5.92 Å². The summed E-state index contributed by atoms with van der Waals surface area (Å²) in [4.78, 5) is 0. The molecule has 1 heterocycles. The summed E-state index contributed by atoms with van der Waals surface area (Å²) >= 11 is 0. The summed E-state index contributed by atoms with van der Waals surface area (Å²) in [5.74, 6) is 1.95. The third kappa shape index (κ3) is 2.87. The van der Waals surface area contributed by atoms with Crippen LogP contribution in [0.15, 0.2) is 24.3 Å². The number of hydrogen-bond donors (Lipinski definition) is 0. The molecular formula is C15H21NO4S. The fraction of sp³-hybridized carbons (Fsp3) is 0.600. The molecule has 0 aromatic heterocycles. The average molecular weight is 311 g/mol. The van der Waals surface area contributed by atoms with E-state index in [-0.39, 0.29) is 12.1 Å². The molecule has 3 atom stereocenters. The summed E-state index contributed by atoms with van der Waals surface area (Å²) in [6.45, 7) is 0.417. The highest BCUT2D eigenvalue weighted by Gasteiger charge is 2.50. The Hall–Kier alpha value is -1.27. The number of hydrogen-bond acceptors (Lipinski definition) is 4. The molecule has 0 spiro atoms. The molecule has 1 aliphatic heterocycles. The van der Waals surface area contributed by atoms with Gasteiger partial charge in [0.15, 0.2) is 0 Å². The molecule has 1 aromatic rings. The van der Waals surface area contributed by atoms with E-state index in [0.717, 1.165) is 30.8 Å². The number of nitrogens with zero attached hydrogens (tertiary/aromatic N) is 1. The van der Waals surface area contributed by atoms with Crippen molar-refractivity contribution in [2.45, 2.75) is 31.3 Å². The lowest BCUT2D eigenvalue weighted by Crippen LogP contribution is -2.47. The Morgan fingerprint density at radius 2 is 1.86 bits per heavy atom. The normalized spacial score (nSPS) is 28.8. The van der Waals surface area contributed by atoms with Gasteiger partial charge in [0.2, 0.25) is 10.0 Å². The largest absolute Gasteiger partial charge is 0.497 e. The Morgan fingerprint density at radius 1 is 1.19 bits per heavy atom. The van der Waals surface area contributed by atoms with E-state index in [9.17, 15) is 8.42 Å². The fourth-order valence-corrected chi connectivity index (χ4v) is 5.09. The van der Waals surface area contributed by atoms with Crippen LogP contribution >= 0.6 is 0 Å². The number of piperidine rings is 1. The lowest BCUT2D eigenvalue weighted by atomic mass is 10.0. The molecule has 2 aliphatic rings. The summed E-state index contributed by atoms with van der Waals surface area (Å²) in [5, 5.41) is 0. The number of fused-ring (bicyclic) bond motifs is 2. The molecule has 116 valence electrons. The van der Waals surface area contributed by atoms with Gasteiger partial charge in [-0.25, -0.2) is 8.42 Å². The summed E-state index contributed by atoms with van der Waals surface area (Å²) in [6.07, 6.45) is 4.36. The highest BCUT2D eigenvalue weighted by atomic mass is 32.2. The van der Waals surface area contributed by atoms with E-state index < -0.39 is 10.0 Å². The molecule has 1 saturated heterocycles. The van der Waals surface area contributed by atoms with E-state index in [0.29, 0.717) is 12.5 Å². The molecular weight excluding hydrogens is 290 g/mol. The van der Waals surface area contributed by atoms with Crippen LogP contribution in [0.3, 0.4) is 0 Å². The molecule has 0 radical (unpaired) electrons. The number of benzene rings is 1. The summed E-state index contributed by atoms with van der Waals surface area (Å²) in [5.41, 5.74) is 0. The van der Waals surface area contributed by atoms with E-state index in [1.165, 1.54) is 6.26 Å². The number of rotatable bonds is 5. The number of sulfonamides is 1. The fourth-order valence-electron chi connectivity index (χ4n) is 3.63. The van der Waals surface area contributed by atoms with Crippen molar-refractivity contribution in [2.75, 3.05) is 20.0 Å². The average Bonchev–Trinajstić information content (AvgIpc) is 3.05. The smallest absolute Gasteiger partial charge is 0.211 e. The zero-order valence-corrected chi connectivity index (χ0v) is 13.2. The first kappa shape index (κ1) is 14.7. The van der Waals surface area contributed by atoms with Crippen molar-refractivity contribution in [3.63, 3.8) is 0 Å². The Labute approximate surface area is 125 Å². The molecule has 0 amide bonds. The summed E-state index contributed by atoms with van der Waals surface area (Å²) in [6, 6.07) is 7.51. The first-order valence-electron chi connectivity index (χ1n) is 7.24. The van der Waals surface area contributed by atoms with Crippen LogP contribution in [0, 0.1) is 5.92 Å². The molecule has 1 saturated carbocycles. The minimum absolute atomic E-state index is 0.0270. The molecule has 1 aliphatic carbocycles. The lowest BCUT2D eigenvalue weighted by Gasteiger charge is -2.33. The van der Waals surface area contributed by atoms with Crippen LogP contribution in [0.4, 0.5) is 0 Å². The maximum absolute atomic E-state index is 12.0. The standard InChI is InChI=1S/C15H21NO4S/c1-19-13-5-7-14(8-6-13)20-10-15-11-3-4-12(9-11)16(15)21(2,17)18/h5-8,11-12,15H,3-4,9-10H2,1-2H3/t11-,12+,15-/m1/s1. The quantitative estimate of drug-likeness (QED) is 0.833. The molecule has 0 N–H and O–H groups in total. The predicted molar refractivity (Wildman–Crippen MR) is 80.1 cm³/mol. The van der Waals surface area contributed by atoms with Gasteiger partial charge < -0.3 is 9.47 Å². The monoisotopic (exact) mass is 311 g/mol. The Kier molecular flexibility index (Phi) is 3.84. The number of ether oxygens (including phenoxy) is 2. The Bertz CT molecular complexity index is 599. The second-order valence-corrected chi connectivity index (χ2v) is 7.76. The van der Waals surface area contributed by atoms with Crippen molar-refractivity contribution in [3.8, 4) is 11.5 Å². The number of methoxy groups -OCH3 is 1. The highest BCUT2D eigenvalue weighted by molar-refractivity contribution is 7.88. The van der Waals surface area contributed by atoms with Gasteiger partial charge in [-0.2, -0.15) is 4.31 Å².